The average molecular weight is 332 g/mol. The molecule has 130 valence electrons. The lowest BCUT2D eigenvalue weighted by atomic mass is 9.90. The molecule has 1 atom stereocenters. The zero-order valence-electron chi connectivity index (χ0n) is 14.5. The second-order valence-corrected chi connectivity index (χ2v) is 6.87. The molecule has 5 heteroatoms. The van der Waals surface area contributed by atoms with Gasteiger partial charge < -0.3 is 15.1 Å². The Kier molecular flexibility index (Phi) is 4.90. The van der Waals surface area contributed by atoms with E-state index in [1.165, 1.54) is 12.1 Å². The molecule has 3 rings (SSSR count). The molecule has 2 aromatic rings. The lowest BCUT2D eigenvalue weighted by Gasteiger charge is -2.31. The molecule has 0 radical (unpaired) electrons. The molecule has 1 aliphatic carbocycles. The van der Waals surface area contributed by atoms with Crippen molar-refractivity contribution in [1.29, 1.82) is 0 Å². The molecule has 1 heterocycles. The molecule has 0 bridgehead atoms. The van der Waals surface area contributed by atoms with Crippen molar-refractivity contribution in [3.63, 3.8) is 0 Å². The predicted octanol–water partition coefficient (Wildman–Crippen LogP) is 3.98. The van der Waals surface area contributed by atoms with Gasteiger partial charge in [-0.2, -0.15) is 0 Å². The fourth-order valence-electron chi connectivity index (χ4n) is 3.75. The summed E-state index contributed by atoms with van der Waals surface area (Å²) in [5, 5.41) is 7.46. The Labute approximate surface area is 141 Å². The second kappa shape index (κ2) is 6.93. The van der Waals surface area contributed by atoms with E-state index in [1.807, 2.05) is 6.92 Å². The van der Waals surface area contributed by atoms with Crippen LogP contribution in [-0.2, 0) is 4.79 Å². The third-order valence-electron chi connectivity index (χ3n) is 4.95. The number of carbonyl (C=O) groups is 1. The van der Waals surface area contributed by atoms with Crippen molar-refractivity contribution >= 4 is 16.9 Å². The van der Waals surface area contributed by atoms with Gasteiger partial charge in [0.2, 0.25) is 5.91 Å². The number of nitrogens with one attached hydrogen (secondary N) is 2. The van der Waals surface area contributed by atoms with Crippen LogP contribution in [0.3, 0.4) is 0 Å². The molecular weight excluding hydrogens is 307 g/mol. The molecule has 24 heavy (non-hydrogen) atoms. The van der Waals surface area contributed by atoms with E-state index < -0.39 is 0 Å². The van der Waals surface area contributed by atoms with E-state index in [0.717, 1.165) is 48.0 Å². The van der Waals surface area contributed by atoms with Gasteiger partial charge >= 0.3 is 0 Å². The van der Waals surface area contributed by atoms with E-state index in [9.17, 15) is 9.18 Å². The van der Waals surface area contributed by atoms with Crippen LogP contribution in [0.2, 0.25) is 0 Å². The molecule has 0 unspecified atom stereocenters. The summed E-state index contributed by atoms with van der Waals surface area (Å²) in [6.07, 6.45) is 4.05. The van der Waals surface area contributed by atoms with Crippen molar-refractivity contribution in [1.82, 2.24) is 10.6 Å². The normalized spacial score (nSPS) is 22.5. The van der Waals surface area contributed by atoms with Crippen LogP contribution in [-0.4, -0.2) is 18.0 Å². The largest absolute Gasteiger partial charge is 0.459 e. The van der Waals surface area contributed by atoms with Gasteiger partial charge in [0.25, 0.3) is 0 Å². The first-order valence-corrected chi connectivity index (χ1v) is 8.65. The first-order valence-electron chi connectivity index (χ1n) is 8.65. The number of amides is 1. The number of hydrogen-bond acceptors (Lipinski definition) is 3. The Morgan fingerprint density at radius 2 is 1.92 bits per heavy atom. The van der Waals surface area contributed by atoms with Gasteiger partial charge in [-0.15, -0.1) is 0 Å². The summed E-state index contributed by atoms with van der Waals surface area (Å²) in [4.78, 5) is 11.1. The highest BCUT2D eigenvalue weighted by molar-refractivity contribution is 5.82. The molecule has 0 spiro atoms. The highest BCUT2D eigenvalue weighted by Gasteiger charge is 2.25. The topological polar surface area (TPSA) is 54.3 Å². The van der Waals surface area contributed by atoms with Crippen LogP contribution in [0, 0.1) is 12.7 Å². The van der Waals surface area contributed by atoms with Crippen molar-refractivity contribution in [3.8, 4) is 0 Å². The van der Waals surface area contributed by atoms with Crippen molar-refractivity contribution in [2.24, 2.45) is 0 Å². The molecule has 0 saturated heterocycles. The Morgan fingerprint density at radius 3 is 2.58 bits per heavy atom. The maximum atomic E-state index is 13.4. The van der Waals surface area contributed by atoms with Crippen LogP contribution in [0.15, 0.2) is 22.6 Å². The molecule has 1 aliphatic rings. The summed E-state index contributed by atoms with van der Waals surface area (Å²) >= 11 is 0. The van der Waals surface area contributed by atoms with E-state index in [2.05, 4.69) is 17.6 Å². The zero-order valence-corrected chi connectivity index (χ0v) is 14.5. The van der Waals surface area contributed by atoms with Crippen molar-refractivity contribution < 1.29 is 13.6 Å². The summed E-state index contributed by atoms with van der Waals surface area (Å²) in [5.41, 5.74) is 1.73. The lowest BCUT2D eigenvalue weighted by molar-refractivity contribution is -0.119. The first kappa shape index (κ1) is 17.0. The SMILES string of the molecule is CC(=O)NC1CCC(N[C@H](C)c2oc3ccc(F)cc3c2C)CC1. The summed E-state index contributed by atoms with van der Waals surface area (Å²) < 4.78 is 19.4. The van der Waals surface area contributed by atoms with Crippen LogP contribution in [0.5, 0.6) is 0 Å². The maximum Gasteiger partial charge on any atom is 0.217 e. The maximum absolute atomic E-state index is 13.4. The Balaban J connectivity index is 1.64. The van der Waals surface area contributed by atoms with Gasteiger partial charge in [0.15, 0.2) is 0 Å². The summed E-state index contributed by atoms with van der Waals surface area (Å²) in [7, 11) is 0. The van der Waals surface area contributed by atoms with E-state index in [-0.39, 0.29) is 17.8 Å². The van der Waals surface area contributed by atoms with Crippen LogP contribution in [0.4, 0.5) is 4.39 Å². The quantitative estimate of drug-likeness (QED) is 0.890. The van der Waals surface area contributed by atoms with Gasteiger partial charge in [0.05, 0.1) is 6.04 Å². The Bertz CT molecular complexity index is 732. The number of aryl methyl sites for hydroxylation is 1. The second-order valence-electron chi connectivity index (χ2n) is 6.87. The number of furan rings is 1. The molecule has 1 aromatic heterocycles. The monoisotopic (exact) mass is 332 g/mol. The highest BCUT2D eigenvalue weighted by atomic mass is 19.1. The predicted molar refractivity (Wildman–Crippen MR) is 92.3 cm³/mol. The van der Waals surface area contributed by atoms with E-state index in [0.29, 0.717) is 12.1 Å². The van der Waals surface area contributed by atoms with Crippen LogP contribution in [0.25, 0.3) is 11.0 Å². The molecule has 1 saturated carbocycles. The number of fused-ring (bicyclic) bond motifs is 1. The average Bonchev–Trinajstić information content (AvgIpc) is 2.86. The van der Waals surface area contributed by atoms with Gasteiger partial charge in [-0.25, -0.2) is 4.39 Å². The number of halogens is 1. The summed E-state index contributed by atoms with van der Waals surface area (Å²) in [6.45, 7) is 5.63. The molecule has 4 nitrogen and oxygen atoms in total. The molecular formula is C19H25FN2O2. The molecule has 2 N–H and O–H groups in total. The van der Waals surface area contributed by atoms with Gasteiger partial charge in [-0.05, 0) is 57.7 Å². The molecule has 0 aliphatic heterocycles. The highest BCUT2D eigenvalue weighted by Crippen LogP contribution is 2.31. The molecule has 1 fully saturated rings. The standard InChI is InChI=1S/C19H25FN2O2/c1-11-17-10-14(20)4-9-18(17)24-19(11)12(2)21-15-5-7-16(8-6-15)22-13(3)23/h4,9-10,12,15-16,21H,5-8H2,1-3H3,(H,22,23)/t12-,15?,16?/m1/s1. The zero-order chi connectivity index (χ0) is 17.3. The summed E-state index contributed by atoms with van der Waals surface area (Å²) in [5.74, 6) is 0.680. The molecule has 1 amide bonds. The Hall–Kier alpha value is -1.88. The number of rotatable bonds is 4. The summed E-state index contributed by atoms with van der Waals surface area (Å²) in [6, 6.07) is 5.43. The van der Waals surface area contributed by atoms with Crippen molar-refractivity contribution in [2.75, 3.05) is 0 Å². The van der Waals surface area contributed by atoms with Crippen LogP contribution in [0.1, 0.15) is 56.9 Å². The Morgan fingerprint density at radius 1 is 1.25 bits per heavy atom. The van der Waals surface area contributed by atoms with Gasteiger partial charge in [-0.3, -0.25) is 4.79 Å². The van der Waals surface area contributed by atoms with E-state index >= 15 is 0 Å². The first-order chi connectivity index (χ1) is 11.4. The third-order valence-corrected chi connectivity index (χ3v) is 4.95. The minimum atomic E-state index is -0.241. The van der Waals surface area contributed by atoms with E-state index in [4.69, 9.17) is 4.42 Å². The minimum Gasteiger partial charge on any atom is -0.459 e. The van der Waals surface area contributed by atoms with Gasteiger partial charge in [0.1, 0.15) is 17.2 Å². The smallest absolute Gasteiger partial charge is 0.217 e. The van der Waals surface area contributed by atoms with E-state index in [1.54, 1.807) is 13.0 Å². The minimum absolute atomic E-state index is 0.0462. The fraction of sp³-hybridized carbons (Fsp3) is 0.526. The van der Waals surface area contributed by atoms with Gasteiger partial charge in [-0.1, -0.05) is 0 Å². The van der Waals surface area contributed by atoms with Crippen LogP contribution < -0.4 is 10.6 Å². The number of benzene rings is 1. The molecule has 1 aromatic carbocycles. The van der Waals surface area contributed by atoms with Crippen molar-refractivity contribution in [3.05, 3.63) is 35.3 Å². The lowest BCUT2D eigenvalue weighted by Crippen LogP contribution is -2.42. The number of hydrogen-bond donors (Lipinski definition) is 2. The van der Waals surface area contributed by atoms with Crippen LogP contribution >= 0.6 is 0 Å². The third kappa shape index (κ3) is 3.61. The van der Waals surface area contributed by atoms with Gasteiger partial charge in [0, 0.05) is 30.0 Å². The van der Waals surface area contributed by atoms with Crippen molar-refractivity contribution in [2.45, 2.75) is 64.6 Å². The number of carbonyl (C=O) groups excluding carboxylic acids is 1. The fourth-order valence-corrected chi connectivity index (χ4v) is 3.75.